The first-order valence-corrected chi connectivity index (χ1v) is 4.05. The molecule has 0 aliphatic carbocycles. The van der Waals surface area contributed by atoms with E-state index in [9.17, 15) is 18.1 Å². The van der Waals surface area contributed by atoms with Gasteiger partial charge < -0.3 is 0 Å². The van der Waals surface area contributed by atoms with Gasteiger partial charge in [0.05, 0.1) is 0 Å². The molecule has 0 fully saturated rings. The summed E-state index contributed by atoms with van der Waals surface area (Å²) < 4.78 is 59.3. The fourth-order valence-electron chi connectivity index (χ4n) is 0. The van der Waals surface area contributed by atoms with Crippen LogP contribution in [0.15, 0.2) is 0 Å². The minimum absolute atomic E-state index is 0. The molecule has 0 amide bonds. The van der Waals surface area contributed by atoms with Crippen LogP contribution < -0.4 is 0 Å². The summed E-state index contributed by atoms with van der Waals surface area (Å²) >= 11 is -10.9. The van der Waals surface area contributed by atoms with Crippen LogP contribution in [0.2, 0.25) is 0 Å². The second-order valence-electron chi connectivity index (χ2n) is 0.646. The fourth-order valence-corrected chi connectivity index (χ4v) is 0. The van der Waals surface area contributed by atoms with Crippen molar-refractivity contribution in [1.82, 2.24) is 0 Å². The van der Waals surface area contributed by atoms with Crippen molar-refractivity contribution >= 4 is 24.4 Å². The van der Waals surface area contributed by atoms with Gasteiger partial charge in [0.1, 0.15) is 0 Å². The van der Waals surface area contributed by atoms with Gasteiger partial charge in [0, 0.05) is 24.4 Å². The molecule has 0 aromatic heterocycles. The Morgan fingerprint density at radius 1 is 0.625 bits per heavy atom. The maximum Gasteiger partial charge on any atom is 0 e. The molecule has 0 bridgehead atoms. The summed E-state index contributed by atoms with van der Waals surface area (Å²) in [7, 11) is 0. The largest absolute Gasteiger partial charge is 0 e. The molecular weight excluding hydrogens is 344 g/mol. The molecule has 0 aliphatic heterocycles. The molecule has 0 saturated heterocycles. The zero-order chi connectivity index (χ0) is 6.41. The molecule has 0 aromatic carbocycles. The third-order valence-electron chi connectivity index (χ3n) is 0. The molecule has 8 heteroatoms. The van der Waals surface area contributed by atoms with E-state index in [1.165, 1.54) is 0 Å². The normalized spacial score (nSPS) is 20.2. The molecule has 8 heavy (non-hydrogen) atoms. The van der Waals surface area contributed by atoms with Crippen molar-refractivity contribution in [2.24, 2.45) is 0 Å². The molecule has 0 spiro atoms. The summed E-state index contributed by atoms with van der Waals surface area (Å²) in [5.41, 5.74) is 0. The zero-order valence-corrected chi connectivity index (χ0v) is 7.05. The average molecular weight is 344 g/mol. The summed E-state index contributed by atoms with van der Waals surface area (Å²) in [6.45, 7) is 0. The quantitative estimate of drug-likeness (QED) is 0.467. The van der Waals surface area contributed by atoms with Crippen molar-refractivity contribution in [2.75, 3.05) is 0 Å². The van der Waals surface area contributed by atoms with Crippen LogP contribution in [-0.4, -0.2) is 24.4 Å². The predicted octanol–water partition coefficient (Wildman–Crippen LogP) is 2.14. The third-order valence-corrected chi connectivity index (χ3v) is 0. The van der Waals surface area contributed by atoms with E-state index in [1.807, 2.05) is 0 Å². The van der Waals surface area contributed by atoms with Gasteiger partial charge in [0.2, 0.25) is 0 Å². The topological polar surface area (TPSA) is 0 Å². The molecule has 0 aliphatic rings. The van der Waals surface area contributed by atoms with Gasteiger partial charge in [0.15, 0.2) is 0 Å². The summed E-state index contributed by atoms with van der Waals surface area (Å²) in [6, 6.07) is 0. The van der Waals surface area contributed by atoms with Gasteiger partial charge in [-0.05, 0) is 0 Å². The minimum atomic E-state index is -10.9. The van der Waals surface area contributed by atoms with E-state index in [0.29, 0.717) is 0 Å². The van der Waals surface area contributed by atoms with Crippen LogP contribution in [0.1, 0.15) is 0 Å². The van der Waals surface area contributed by atoms with Crippen LogP contribution >= 0.6 is 0 Å². The van der Waals surface area contributed by atoms with Crippen molar-refractivity contribution in [1.29, 1.82) is 0 Å². The van der Waals surface area contributed by atoms with Crippen molar-refractivity contribution in [3.8, 4) is 0 Å². The van der Waals surface area contributed by atoms with Gasteiger partial charge in [-0.2, -0.15) is 0 Å². The molecule has 0 saturated carbocycles. The van der Waals surface area contributed by atoms with E-state index in [2.05, 4.69) is 0 Å². The van der Waals surface area contributed by atoms with Crippen molar-refractivity contribution in [2.45, 2.75) is 0 Å². The first-order valence-electron chi connectivity index (χ1n) is 0.684. The Morgan fingerprint density at radius 2 is 0.625 bits per heavy atom. The van der Waals surface area contributed by atoms with Gasteiger partial charge >= 0.3 is 35.9 Å². The molecule has 0 aromatic rings. The van der Waals surface area contributed by atoms with Crippen LogP contribution in [-0.2, 0) is 17.8 Å². The Labute approximate surface area is 60.3 Å². The first kappa shape index (κ1) is 11.9. The summed E-state index contributed by atoms with van der Waals surface area (Å²) in [5, 5.41) is 0. The molecule has 58 valence electrons. The Balaban J connectivity index is 0. The van der Waals surface area contributed by atoms with E-state index in [0.717, 1.165) is 0 Å². The molecule has 0 atom stereocenters. The summed E-state index contributed by atoms with van der Waals surface area (Å²) in [4.78, 5) is 0. The van der Waals surface area contributed by atoms with Gasteiger partial charge in [-0.25, -0.2) is 0 Å². The Kier molecular flexibility index (Phi) is 2.36. The van der Waals surface area contributed by atoms with E-state index >= 15 is 0 Å². The van der Waals surface area contributed by atoms with E-state index < -0.39 is 17.8 Å². The van der Waals surface area contributed by atoms with Crippen LogP contribution in [0.4, 0.5) is 18.1 Å². The SMILES string of the molecule is [F][Ag]([F])([F])([F])([F])[F].[Sb]. The Bertz CT molecular complexity index is 67.1. The van der Waals surface area contributed by atoms with Crippen molar-refractivity contribution < 1.29 is 35.9 Å². The molecule has 0 unspecified atom stereocenters. The fraction of sp³-hybridized carbons (Fsp3) is 0. The molecule has 0 rings (SSSR count). The maximum atomic E-state index is 9.88. The number of rotatable bonds is 0. The van der Waals surface area contributed by atoms with Crippen LogP contribution in [0, 0.1) is 0 Å². The van der Waals surface area contributed by atoms with Gasteiger partial charge in [-0.1, -0.05) is 0 Å². The molecular formula is AgF6Sb. The van der Waals surface area contributed by atoms with E-state index in [-0.39, 0.29) is 24.4 Å². The molecule has 0 heterocycles. The second-order valence-corrected chi connectivity index (χ2v) is 3.82. The summed E-state index contributed by atoms with van der Waals surface area (Å²) in [6.07, 6.45) is 0. The standard InChI is InChI=1S/Ag.6FH.Sb/h;6*1H;/q+6;;;;;;;/p-6. The number of hydrogen-bond acceptors (Lipinski definition) is 0. The Morgan fingerprint density at radius 3 is 0.625 bits per heavy atom. The van der Waals surface area contributed by atoms with Crippen LogP contribution in [0.25, 0.3) is 0 Å². The Hall–Kier alpha value is 1.14. The smallest absolute Gasteiger partial charge is 0 e. The van der Waals surface area contributed by atoms with Crippen LogP contribution in [0.3, 0.4) is 0 Å². The average Bonchev–Trinajstić information content (AvgIpc) is 0.592. The monoisotopic (exact) mass is 342 g/mol. The zero-order valence-electron chi connectivity index (χ0n) is 3.02. The van der Waals surface area contributed by atoms with Crippen molar-refractivity contribution in [3.63, 3.8) is 0 Å². The number of hydrogen-bond donors (Lipinski definition) is 0. The maximum absolute atomic E-state index is 10.9. The third kappa shape index (κ3) is 208. The molecule has 3 radical (unpaired) electrons. The first-order chi connectivity index (χ1) is 2.45. The predicted molar refractivity (Wildman–Crippen MR) is 12.4 cm³/mol. The van der Waals surface area contributed by atoms with Gasteiger partial charge in [-0.3, -0.25) is 0 Å². The van der Waals surface area contributed by atoms with E-state index in [4.69, 9.17) is 0 Å². The van der Waals surface area contributed by atoms with Gasteiger partial charge in [-0.15, -0.1) is 0 Å². The minimum Gasteiger partial charge on any atom is 0 e. The van der Waals surface area contributed by atoms with E-state index in [1.54, 1.807) is 0 Å². The van der Waals surface area contributed by atoms with Crippen LogP contribution in [0.5, 0.6) is 0 Å². The van der Waals surface area contributed by atoms with Crippen molar-refractivity contribution in [3.05, 3.63) is 0 Å². The molecule has 0 nitrogen and oxygen atoms in total. The second kappa shape index (κ2) is 1.59. The number of halogens is 6. The summed E-state index contributed by atoms with van der Waals surface area (Å²) in [5.74, 6) is 0. The van der Waals surface area contributed by atoms with Gasteiger partial charge in [0.25, 0.3) is 0 Å². The molecule has 0 N–H and O–H groups in total.